The molecule has 0 radical (unpaired) electrons. The van der Waals surface area contributed by atoms with Gasteiger partial charge in [0.25, 0.3) is 0 Å². The number of aromatic nitrogens is 2. The van der Waals surface area contributed by atoms with Gasteiger partial charge in [-0.2, -0.15) is 0 Å². The van der Waals surface area contributed by atoms with E-state index in [0.717, 1.165) is 52.9 Å². The molecule has 2 aromatic heterocycles. The van der Waals surface area contributed by atoms with Gasteiger partial charge in [0.15, 0.2) is 5.43 Å². The molecule has 128 valence electrons. The van der Waals surface area contributed by atoms with Crippen molar-refractivity contribution in [3.05, 3.63) is 69.8 Å². The number of ether oxygens (including phenoxy) is 1. The van der Waals surface area contributed by atoms with Gasteiger partial charge in [-0.15, -0.1) is 0 Å². The fourth-order valence-electron chi connectivity index (χ4n) is 3.52. The van der Waals surface area contributed by atoms with Crippen LogP contribution in [0.2, 0.25) is 0 Å². The molecule has 2 heterocycles. The van der Waals surface area contributed by atoms with Gasteiger partial charge in [-0.05, 0) is 48.9 Å². The third-order valence-electron chi connectivity index (χ3n) is 4.98. The maximum atomic E-state index is 12.9. The molecule has 4 rings (SSSR count). The van der Waals surface area contributed by atoms with E-state index >= 15 is 0 Å². The second-order valence-corrected chi connectivity index (χ2v) is 7.57. The summed E-state index contributed by atoms with van der Waals surface area (Å²) < 4.78 is 5.83. The predicted octanol–water partition coefficient (Wildman–Crippen LogP) is 4.02. The fourth-order valence-corrected chi connectivity index (χ4v) is 3.52. The maximum Gasteiger partial charge on any atom is 0.192 e. The molecule has 1 N–H and O–H groups in total. The first-order valence-corrected chi connectivity index (χ1v) is 8.72. The Bertz CT molecular complexity index is 974. The number of hydrogen-bond donors (Lipinski definition) is 1. The van der Waals surface area contributed by atoms with E-state index < -0.39 is 0 Å². The van der Waals surface area contributed by atoms with Crippen molar-refractivity contribution in [3.63, 3.8) is 0 Å². The number of nitrogens with one attached hydrogen (secondary N) is 1. The highest BCUT2D eigenvalue weighted by Crippen LogP contribution is 2.33. The quantitative estimate of drug-likeness (QED) is 0.787. The third kappa shape index (κ3) is 3.16. The normalized spacial score (nSPS) is 15.8. The Morgan fingerprint density at radius 1 is 1.24 bits per heavy atom. The molecule has 0 saturated carbocycles. The molecule has 0 aliphatic heterocycles. The molecule has 3 aromatic rings. The minimum absolute atomic E-state index is 0.160. The Balaban J connectivity index is 1.66. The molecule has 0 fully saturated rings. The standard InChI is InChI=1S/C21H22N2O2/c1-21(2)9-8-18-17(12-21)20(24)16-7-6-15(11-19(16)23-18)25-13-14-5-3-4-10-22-14/h3-7,10-11H,8-9,12-13H2,1-2H3,(H,23,24). The minimum atomic E-state index is 0.160. The molecule has 4 nitrogen and oxygen atoms in total. The SMILES string of the molecule is CC1(C)CCc2[nH]c3cc(OCc4ccccn4)ccc3c(=O)c2C1. The lowest BCUT2D eigenvalue weighted by molar-refractivity contribution is 0.301. The highest BCUT2D eigenvalue weighted by atomic mass is 16.5. The van der Waals surface area contributed by atoms with Crippen LogP contribution in [0.3, 0.4) is 0 Å². The van der Waals surface area contributed by atoms with Gasteiger partial charge in [0.2, 0.25) is 0 Å². The molecule has 0 atom stereocenters. The fraction of sp³-hybridized carbons (Fsp3) is 0.333. The Hall–Kier alpha value is -2.62. The summed E-state index contributed by atoms with van der Waals surface area (Å²) in [6.07, 6.45) is 4.61. The monoisotopic (exact) mass is 334 g/mol. The highest BCUT2D eigenvalue weighted by molar-refractivity contribution is 5.81. The molecule has 0 saturated heterocycles. The molecule has 25 heavy (non-hydrogen) atoms. The Morgan fingerprint density at radius 3 is 2.92 bits per heavy atom. The van der Waals surface area contributed by atoms with Gasteiger partial charge in [-0.3, -0.25) is 9.78 Å². The summed E-state index contributed by atoms with van der Waals surface area (Å²) in [5.41, 5.74) is 4.11. The van der Waals surface area contributed by atoms with Crippen LogP contribution in [0.1, 0.15) is 37.2 Å². The number of rotatable bonds is 3. The van der Waals surface area contributed by atoms with Gasteiger partial charge in [-0.1, -0.05) is 19.9 Å². The summed E-state index contributed by atoms with van der Waals surface area (Å²) in [4.78, 5) is 20.6. The molecule has 1 aliphatic rings. The molecule has 0 amide bonds. The minimum Gasteiger partial charge on any atom is -0.487 e. The summed E-state index contributed by atoms with van der Waals surface area (Å²) in [6, 6.07) is 11.4. The zero-order chi connectivity index (χ0) is 17.4. The number of nitrogens with zero attached hydrogens (tertiary/aromatic N) is 1. The van der Waals surface area contributed by atoms with E-state index in [4.69, 9.17) is 4.74 Å². The second kappa shape index (κ2) is 6.03. The second-order valence-electron chi connectivity index (χ2n) is 7.57. The highest BCUT2D eigenvalue weighted by Gasteiger charge is 2.28. The number of aromatic amines is 1. The summed E-state index contributed by atoms with van der Waals surface area (Å²) in [7, 11) is 0. The number of fused-ring (bicyclic) bond motifs is 2. The van der Waals surface area contributed by atoms with Gasteiger partial charge in [0.1, 0.15) is 12.4 Å². The molecule has 0 unspecified atom stereocenters. The van der Waals surface area contributed by atoms with E-state index in [1.54, 1.807) is 6.20 Å². The lowest BCUT2D eigenvalue weighted by atomic mass is 9.75. The van der Waals surface area contributed by atoms with Crippen molar-refractivity contribution in [2.45, 2.75) is 39.7 Å². The number of hydrogen-bond acceptors (Lipinski definition) is 3. The van der Waals surface area contributed by atoms with Gasteiger partial charge in [0, 0.05) is 28.9 Å². The summed E-state index contributed by atoms with van der Waals surface area (Å²) in [6.45, 7) is 4.87. The van der Waals surface area contributed by atoms with E-state index in [9.17, 15) is 4.79 Å². The van der Waals surface area contributed by atoms with Crippen molar-refractivity contribution >= 4 is 10.9 Å². The van der Waals surface area contributed by atoms with Crippen LogP contribution < -0.4 is 10.2 Å². The van der Waals surface area contributed by atoms with Crippen molar-refractivity contribution in [1.29, 1.82) is 0 Å². The third-order valence-corrected chi connectivity index (χ3v) is 4.98. The van der Waals surface area contributed by atoms with Crippen LogP contribution >= 0.6 is 0 Å². The van der Waals surface area contributed by atoms with Gasteiger partial charge >= 0.3 is 0 Å². The molecule has 0 bridgehead atoms. The van der Waals surface area contributed by atoms with Crippen molar-refractivity contribution in [2.75, 3.05) is 0 Å². The van der Waals surface area contributed by atoms with Crippen molar-refractivity contribution in [1.82, 2.24) is 9.97 Å². The van der Waals surface area contributed by atoms with Crippen molar-refractivity contribution < 1.29 is 4.74 Å². The number of benzene rings is 1. The van der Waals surface area contributed by atoms with E-state index in [1.165, 1.54) is 0 Å². The van der Waals surface area contributed by atoms with E-state index in [1.807, 2.05) is 36.4 Å². The van der Waals surface area contributed by atoms with Crippen LogP contribution in [-0.4, -0.2) is 9.97 Å². The van der Waals surface area contributed by atoms with E-state index in [-0.39, 0.29) is 10.8 Å². The van der Waals surface area contributed by atoms with E-state index in [2.05, 4.69) is 23.8 Å². The Kier molecular flexibility index (Phi) is 3.83. The lowest BCUT2D eigenvalue weighted by Crippen LogP contribution is -2.28. The van der Waals surface area contributed by atoms with Gasteiger partial charge in [0.05, 0.1) is 11.2 Å². The summed E-state index contributed by atoms with van der Waals surface area (Å²) in [5.74, 6) is 0.741. The predicted molar refractivity (Wildman–Crippen MR) is 98.9 cm³/mol. The Morgan fingerprint density at radius 2 is 2.12 bits per heavy atom. The van der Waals surface area contributed by atoms with Crippen LogP contribution in [0.4, 0.5) is 0 Å². The van der Waals surface area contributed by atoms with Crippen LogP contribution in [0.15, 0.2) is 47.4 Å². The first-order chi connectivity index (χ1) is 12.0. The summed E-state index contributed by atoms with van der Waals surface area (Å²) in [5, 5.41) is 0.738. The van der Waals surface area contributed by atoms with Crippen molar-refractivity contribution in [3.8, 4) is 5.75 Å². The van der Waals surface area contributed by atoms with Crippen LogP contribution in [0.5, 0.6) is 5.75 Å². The van der Waals surface area contributed by atoms with Crippen LogP contribution in [0, 0.1) is 5.41 Å². The topological polar surface area (TPSA) is 55.0 Å². The average molecular weight is 334 g/mol. The molecule has 0 spiro atoms. The summed E-state index contributed by atoms with van der Waals surface area (Å²) >= 11 is 0. The first kappa shape index (κ1) is 15.9. The van der Waals surface area contributed by atoms with Gasteiger partial charge in [-0.25, -0.2) is 0 Å². The molecule has 4 heteroatoms. The largest absolute Gasteiger partial charge is 0.487 e. The molecule has 1 aromatic carbocycles. The maximum absolute atomic E-state index is 12.9. The zero-order valence-electron chi connectivity index (χ0n) is 14.6. The van der Waals surface area contributed by atoms with E-state index in [0.29, 0.717) is 6.61 Å². The molecular weight excluding hydrogens is 312 g/mol. The molecular formula is C21H22N2O2. The van der Waals surface area contributed by atoms with Crippen LogP contribution in [-0.2, 0) is 19.4 Å². The number of aryl methyl sites for hydroxylation is 1. The zero-order valence-corrected chi connectivity index (χ0v) is 14.6. The number of pyridine rings is 2. The average Bonchev–Trinajstić information content (AvgIpc) is 2.61. The molecule has 1 aliphatic carbocycles. The van der Waals surface area contributed by atoms with Crippen molar-refractivity contribution in [2.24, 2.45) is 5.41 Å². The number of H-pyrrole nitrogens is 1. The smallest absolute Gasteiger partial charge is 0.192 e. The lowest BCUT2D eigenvalue weighted by Gasteiger charge is -2.30. The Labute approximate surface area is 146 Å². The first-order valence-electron chi connectivity index (χ1n) is 8.72. The van der Waals surface area contributed by atoms with Gasteiger partial charge < -0.3 is 9.72 Å². The van der Waals surface area contributed by atoms with Crippen LogP contribution in [0.25, 0.3) is 10.9 Å².